The Balaban J connectivity index is 1.08. The smallest absolute Gasteiger partial charge is 0.306 e. The van der Waals surface area contributed by atoms with Gasteiger partial charge < -0.3 is 50.4 Å². The van der Waals surface area contributed by atoms with E-state index in [1.807, 2.05) is 98.6 Å². The summed E-state index contributed by atoms with van der Waals surface area (Å²) >= 11 is 0. The van der Waals surface area contributed by atoms with Crippen molar-refractivity contribution >= 4 is 17.8 Å². The molecular formula is C47H65N5O11. The van der Waals surface area contributed by atoms with Crippen LogP contribution in [-0.2, 0) is 48.0 Å². The molecule has 0 saturated carbocycles. The highest BCUT2D eigenvalue weighted by Crippen LogP contribution is 2.34. The summed E-state index contributed by atoms with van der Waals surface area (Å²) in [4.78, 5) is 50.0. The van der Waals surface area contributed by atoms with Crippen LogP contribution in [0.4, 0.5) is 0 Å². The standard InChI is InChI=1S/C47H65N5O11/c1-47(2,3)50-45(59)36-28-51(26-31-14-11-18-48-25-31)19-20-52(36)27-34(54)23-33(22-30-12-5-4-6-13-30)44(58)49-40-35-16-8-7-15-32(35)24-37(40)62-39(55)17-9-10-21-61-43-41(56)38(29-53)63-46(60)42(43)57/h4-8,11-16,18,25,33-34,36-38,40-43,46,53-54,56-57,60H,9-10,17,19-24,26-29H2,1-3H3,(H,49,58)(H,50,59)/t33-,34+,36+,37-,38-,40+,41-,42-,43+,46?/m1/s1. The first-order chi connectivity index (χ1) is 30.2. The number of β-amino-alcohol motifs (C(OH)–C–C–N with tert-alkyl or cyclic N) is 1. The van der Waals surface area contributed by atoms with Crippen molar-refractivity contribution in [3.63, 3.8) is 0 Å². The Kier molecular flexibility index (Phi) is 17.2. The molecule has 2 saturated heterocycles. The maximum atomic E-state index is 14.5. The van der Waals surface area contributed by atoms with Crippen LogP contribution in [0.5, 0.6) is 0 Å². The number of aliphatic hydroxyl groups is 5. The molecule has 2 aromatic carbocycles. The normalized spacial score (nSPS) is 26.3. The number of unbranched alkanes of at least 4 members (excludes halogenated alkanes) is 1. The van der Waals surface area contributed by atoms with E-state index in [1.54, 1.807) is 6.20 Å². The molecule has 63 heavy (non-hydrogen) atoms. The molecule has 1 unspecified atom stereocenters. The van der Waals surface area contributed by atoms with E-state index in [9.17, 15) is 39.9 Å². The quantitative estimate of drug-likeness (QED) is 0.0669. The highest BCUT2D eigenvalue weighted by molar-refractivity contribution is 5.83. The molecule has 3 heterocycles. The summed E-state index contributed by atoms with van der Waals surface area (Å²) in [6, 6.07) is 20.0. The topological polar surface area (TPSA) is 223 Å². The van der Waals surface area contributed by atoms with E-state index in [4.69, 9.17) is 14.2 Å². The number of piperazine rings is 1. The second-order valence-corrected chi connectivity index (χ2v) is 18.1. The lowest BCUT2D eigenvalue weighted by Crippen LogP contribution is -2.61. The molecule has 2 fully saturated rings. The van der Waals surface area contributed by atoms with E-state index >= 15 is 0 Å². The maximum Gasteiger partial charge on any atom is 0.306 e. The minimum Gasteiger partial charge on any atom is -0.459 e. The van der Waals surface area contributed by atoms with E-state index in [-0.39, 0.29) is 37.8 Å². The van der Waals surface area contributed by atoms with Gasteiger partial charge in [-0.2, -0.15) is 0 Å². The van der Waals surface area contributed by atoms with Gasteiger partial charge in [0.1, 0.15) is 36.6 Å². The number of benzene rings is 2. The second-order valence-electron chi connectivity index (χ2n) is 18.1. The van der Waals surface area contributed by atoms with Crippen molar-refractivity contribution in [3.05, 3.63) is 101 Å². The third-order valence-corrected chi connectivity index (χ3v) is 11.9. The Morgan fingerprint density at radius 3 is 2.43 bits per heavy atom. The Bertz CT molecular complexity index is 1920. The van der Waals surface area contributed by atoms with Crippen LogP contribution >= 0.6 is 0 Å². The fourth-order valence-electron chi connectivity index (χ4n) is 8.74. The summed E-state index contributed by atoms with van der Waals surface area (Å²) in [6.07, 6.45) is -3.14. The first kappa shape index (κ1) is 48.1. The van der Waals surface area contributed by atoms with Gasteiger partial charge in [-0.25, -0.2) is 0 Å². The van der Waals surface area contributed by atoms with E-state index in [1.165, 1.54) is 0 Å². The van der Waals surface area contributed by atoms with Gasteiger partial charge in [0.25, 0.3) is 0 Å². The summed E-state index contributed by atoms with van der Waals surface area (Å²) in [5.41, 5.74) is 3.33. The number of hydrogen-bond donors (Lipinski definition) is 7. The van der Waals surface area contributed by atoms with E-state index in [2.05, 4.69) is 20.5 Å². The Morgan fingerprint density at radius 2 is 1.70 bits per heavy atom. The molecule has 16 heteroatoms. The molecule has 0 bridgehead atoms. The lowest BCUT2D eigenvalue weighted by Gasteiger charge is -2.42. The minimum atomic E-state index is -1.62. The van der Waals surface area contributed by atoms with Crippen molar-refractivity contribution in [2.45, 2.75) is 126 Å². The van der Waals surface area contributed by atoms with Crippen LogP contribution in [0.2, 0.25) is 0 Å². The number of fused-ring (bicyclic) bond motifs is 1. The number of nitrogens with zero attached hydrogens (tertiary/aromatic N) is 3. The number of aliphatic hydroxyl groups excluding tert-OH is 5. The number of aromatic nitrogens is 1. The number of esters is 1. The fourth-order valence-corrected chi connectivity index (χ4v) is 8.74. The fraction of sp³-hybridized carbons (Fsp3) is 0.574. The van der Waals surface area contributed by atoms with Gasteiger partial charge in [-0.15, -0.1) is 0 Å². The van der Waals surface area contributed by atoms with Gasteiger partial charge in [0.15, 0.2) is 6.29 Å². The van der Waals surface area contributed by atoms with Gasteiger partial charge >= 0.3 is 5.97 Å². The molecule has 7 N–H and O–H groups in total. The molecule has 3 aliphatic rings. The van der Waals surface area contributed by atoms with Crippen LogP contribution in [-0.4, -0.2) is 152 Å². The largest absolute Gasteiger partial charge is 0.459 e. The maximum absolute atomic E-state index is 14.5. The molecule has 1 aliphatic carbocycles. The third kappa shape index (κ3) is 13.6. The number of pyridine rings is 1. The molecule has 344 valence electrons. The predicted molar refractivity (Wildman–Crippen MR) is 232 cm³/mol. The van der Waals surface area contributed by atoms with Crippen molar-refractivity contribution in [2.24, 2.45) is 5.92 Å². The van der Waals surface area contributed by atoms with Gasteiger partial charge in [-0.3, -0.25) is 29.2 Å². The number of hydrogen-bond acceptors (Lipinski definition) is 14. The first-order valence-electron chi connectivity index (χ1n) is 22.1. The average molecular weight is 876 g/mol. The molecule has 16 nitrogen and oxygen atoms in total. The van der Waals surface area contributed by atoms with E-state index in [0.29, 0.717) is 51.9 Å². The predicted octanol–water partition coefficient (Wildman–Crippen LogP) is 1.40. The van der Waals surface area contributed by atoms with Gasteiger partial charge in [0.2, 0.25) is 11.8 Å². The molecule has 0 spiro atoms. The third-order valence-electron chi connectivity index (χ3n) is 11.9. The highest BCUT2D eigenvalue weighted by atomic mass is 16.6. The average Bonchev–Trinajstić information content (AvgIpc) is 3.59. The number of carbonyl (C=O) groups excluding carboxylic acids is 3. The monoisotopic (exact) mass is 875 g/mol. The summed E-state index contributed by atoms with van der Waals surface area (Å²) < 4.78 is 16.7. The van der Waals surface area contributed by atoms with Gasteiger partial charge in [0.05, 0.1) is 18.8 Å². The zero-order chi connectivity index (χ0) is 45.1. The molecule has 1 aromatic heterocycles. The molecule has 0 radical (unpaired) electrons. The zero-order valence-corrected chi connectivity index (χ0v) is 36.5. The van der Waals surface area contributed by atoms with Crippen molar-refractivity contribution in [2.75, 3.05) is 39.4 Å². The number of carbonyl (C=O) groups is 3. The summed E-state index contributed by atoms with van der Waals surface area (Å²) in [7, 11) is 0. The SMILES string of the molecule is CC(C)(C)NC(=O)[C@@H]1CN(Cc2cccnc2)CCN1C[C@@H](O)C[C@@H](Cc1ccccc1)C(=O)N[C@H]1c2ccccc2C[C@H]1OC(=O)CCCCO[C@H]1[C@H](O)[C@@H](CO)OC(O)[C@@H]1O. The highest BCUT2D eigenvalue weighted by Gasteiger charge is 2.44. The Morgan fingerprint density at radius 1 is 0.952 bits per heavy atom. The van der Waals surface area contributed by atoms with Crippen molar-refractivity contribution in [3.8, 4) is 0 Å². The number of amides is 2. The molecule has 6 rings (SSSR count). The Hall–Kier alpha value is -4.36. The van der Waals surface area contributed by atoms with E-state index < -0.39 is 79.0 Å². The molecular weight excluding hydrogens is 811 g/mol. The second kappa shape index (κ2) is 22.5. The van der Waals surface area contributed by atoms with Crippen molar-refractivity contribution in [1.29, 1.82) is 0 Å². The van der Waals surface area contributed by atoms with Gasteiger partial charge in [0, 0.05) is 76.0 Å². The number of rotatable bonds is 19. The number of ether oxygens (including phenoxy) is 3. The van der Waals surface area contributed by atoms with Crippen molar-refractivity contribution < 1.29 is 54.1 Å². The summed E-state index contributed by atoms with van der Waals surface area (Å²) in [5.74, 6) is -1.52. The van der Waals surface area contributed by atoms with Gasteiger partial charge in [-0.1, -0.05) is 60.7 Å². The van der Waals surface area contributed by atoms with Crippen molar-refractivity contribution in [1.82, 2.24) is 25.4 Å². The molecule has 2 aliphatic heterocycles. The molecule has 10 atom stereocenters. The van der Waals surface area contributed by atoms with Crippen LogP contribution < -0.4 is 10.6 Å². The molecule has 2 amide bonds. The number of nitrogens with one attached hydrogen (secondary N) is 2. The van der Waals surface area contributed by atoms with E-state index in [0.717, 1.165) is 22.3 Å². The van der Waals surface area contributed by atoms with Crippen LogP contribution in [0.1, 0.15) is 74.8 Å². The first-order valence-corrected chi connectivity index (χ1v) is 22.1. The van der Waals surface area contributed by atoms with Crippen LogP contribution in [0.3, 0.4) is 0 Å². The van der Waals surface area contributed by atoms with Gasteiger partial charge in [-0.05, 0) is 74.8 Å². The van der Waals surface area contributed by atoms with Crippen LogP contribution in [0, 0.1) is 5.92 Å². The molecule has 3 aromatic rings. The Labute approximate surface area is 369 Å². The summed E-state index contributed by atoms with van der Waals surface area (Å²) in [6.45, 7) is 7.86. The van der Waals surface area contributed by atoms with Crippen LogP contribution in [0.25, 0.3) is 0 Å². The zero-order valence-electron chi connectivity index (χ0n) is 36.5. The minimum absolute atomic E-state index is 0.0486. The lowest BCUT2D eigenvalue weighted by atomic mass is 9.91. The summed E-state index contributed by atoms with van der Waals surface area (Å²) in [5, 5.41) is 58.1. The van der Waals surface area contributed by atoms with Crippen LogP contribution in [0.15, 0.2) is 79.1 Å². The lowest BCUT2D eigenvalue weighted by molar-refractivity contribution is -0.294.